The molecule has 2 aliphatic rings. The van der Waals surface area contributed by atoms with Gasteiger partial charge in [-0.2, -0.15) is 0 Å². The summed E-state index contributed by atoms with van der Waals surface area (Å²) in [5.74, 6) is 1.27. The zero-order valence-electron chi connectivity index (χ0n) is 12.7. The van der Waals surface area contributed by atoms with E-state index in [4.69, 9.17) is 0 Å². The van der Waals surface area contributed by atoms with Crippen molar-refractivity contribution in [3.05, 3.63) is 82.9 Å². The Morgan fingerprint density at radius 3 is 1.68 bits per heavy atom. The number of fused-ring (bicyclic) bond motifs is 2. The van der Waals surface area contributed by atoms with Crippen molar-refractivity contribution in [2.45, 2.75) is 20.7 Å². The molecule has 0 aromatic heterocycles. The van der Waals surface area contributed by atoms with Gasteiger partial charge in [0.2, 0.25) is 0 Å². The van der Waals surface area contributed by atoms with Crippen LogP contribution in [0.2, 0.25) is 8.87 Å². The second-order valence-corrected chi connectivity index (χ2v) is 10.0. The van der Waals surface area contributed by atoms with E-state index in [2.05, 4.69) is 77.8 Å². The maximum atomic E-state index is 2.52. The van der Waals surface area contributed by atoms with E-state index in [-0.39, 0.29) is 26.2 Å². The Labute approximate surface area is 162 Å². The molecule has 0 fully saturated rings. The average molecular weight is 469 g/mol. The van der Waals surface area contributed by atoms with Crippen molar-refractivity contribution >= 4 is 33.3 Å². The van der Waals surface area contributed by atoms with Crippen LogP contribution < -0.4 is 0 Å². The quantitative estimate of drug-likeness (QED) is 0.563. The molecule has 2 aromatic carbocycles. The predicted molar refractivity (Wildman–Crippen MR) is 93.2 cm³/mol. The summed E-state index contributed by atoms with van der Waals surface area (Å²) in [6.07, 6.45) is 9.57. The number of rotatable bonds is 3. The third kappa shape index (κ3) is 2.76. The van der Waals surface area contributed by atoms with Gasteiger partial charge in [-0.25, -0.2) is 0 Å². The predicted octanol–water partition coefficient (Wildman–Crippen LogP) is 4.88. The summed E-state index contributed by atoms with van der Waals surface area (Å²) in [7, 11) is 0. The van der Waals surface area contributed by atoms with E-state index in [1.807, 2.05) is 0 Å². The molecular weight excluding hydrogens is 450 g/mol. The summed E-state index contributed by atoms with van der Waals surface area (Å²) in [4.78, 5) is 2.52. The summed E-state index contributed by atoms with van der Waals surface area (Å²) in [5, 5.41) is 0. The van der Waals surface area contributed by atoms with Crippen molar-refractivity contribution in [1.29, 1.82) is 0 Å². The van der Waals surface area contributed by atoms with Gasteiger partial charge >= 0.3 is 137 Å². The van der Waals surface area contributed by atoms with Crippen LogP contribution in [0.15, 0.2) is 60.7 Å². The Hall–Kier alpha value is -0.398. The molecule has 0 aliphatic heterocycles. The molecule has 22 heavy (non-hydrogen) atoms. The van der Waals surface area contributed by atoms with Crippen LogP contribution in [0.25, 0.3) is 12.2 Å². The molecule has 0 spiro atoms. The molecular formula is C20H19SnZr. The second kappa shape index (κ2) is 7.01. The number of hydrogen-bond acceptors (Lipinski definition) is 0. The minimum atomic E-state index is -0.596. The monoisotopic (exact) mass is 469 g/mol. The van der Waals surface area contributed by atoms with Crippen LogP contribution in [0.3, 0.4) is 0 Å². The molecule has 0 saturated heterocycles. The van der Waals surface area contributed by atoms with Gasteiger partial charge in [-0.05, 0) is 0 Å². The van der Waals surface area contributed by atoms with Crippen LogP contribution in [0.5, 0.6) is 0 Å². The van der Waals surface area contributed by atoms with Crippen LogP contribution in [-0.4, -0.2) is 21.1 Å². The molecule has 2 aromatic rings. The molecule has 2 unspecified atom stereocenters. The summed E-state index contributed by atoms with van der Waals surface area (Å²) in [5.41, 5.74) is 5.96. The molecule has 2 aliphatic carbocycles. The van der Waals surface area contributed by atoms with Gasteiger partial charge in [0.25, 0.3) is 0 Å². The SMILES string of the molecule is [CH3][SnH][CH](C1C=Cc2ccccc21)C1C=Cc2ccccc21.[Zr]. The minimum absolute atomic E-state index is 0. The average Bonchev–Trinajstić information content (AvgIpc) is 3.14. The normalized spacial score (nSPS) is 22.0. The first-order valence-corrected chi connectivity index (χ1v) is 12.9. The van der Waals surface area contributed by atoms with Crippen molar-refractivity contribution in [2.75, 3.05) is 0 Å². The third-order valence-electron chi connectivity index (χ3n) is 4.89. The molecule has 1 radical (unpaired) electrons. The van der Waals surface area contributed by atoms with E-state index in [0.29, 0.717) is 11.8 Å². The largest absolute Gasteiger partial charge is 0 e. The van der Waals surface area contributed by atoms with Gasteiger partial charge in [0.1, 0.15) is 0 Å². The maximum absolute atomic E-state index is 2.52. The van der Waals surface area contributed by atoms with Crippen LogP contribution in [0.4, 0.5) is 0 Å². The minimum Gasteiger partial charge on any atom is 0 e. The fraction of sp³-hybridized carbons (Fsp3) is 0.200. The van der Waals surface area contributed by atoms with Gasteiger partial charge < -0.3 is 0 Å². The van der Waals surface area contributed by atoms with Gasteiger partial charge in [-0.1, -0.05) is 0 Å². The Morgan fingerprint density at radius 2 is 1.23 bits per heavy atom. The molecule has 0 saturated carbocycles. The van der Waals surface area contributed by atoms with Crippen molar-refractivity contribution in [3.8, 4) is 0 Å². The smallest absolute Gasteiger partial charge is 0 e. The summed E-state index contributed by atoms with van der Waals surface area (Å²) >= 11 is -0.596. The van der Waals surface area contributed by atoms with Crippen molar-refractivity contribution in [3.63, 3.8) is 0 Å². The van der Waals surface area contributed by atoms with Crippen molar-refractivity contribution in [2.24, 2.45) is 0 Å². The van der Waals surface area contributed by atoms with Crippen molar-refractivity contribution in [1.82, 2.24) is 0 Å². The Balaban J connectivity index is 0.00000144. The first-order valence-electron chi connectivity index (χ1n) is 7.72. The maximum Gasteiger partial charge on any atom is 0 e. The Morgan fingerprint density at radius 1 is 0.773 bits per heavy atom. The summed E-state index contributed by atoms with van der Waals surface area (Å²) in [6.45, 7) is 0. The van der Waals surface area contributed by atoms with Gasteiger partial charge in [0.05, 0.1) is 0 Å². The topological polar surface area (TPSA) is 0 Å². The number of benzene rings is 2. The Bertz CT molecular complexity index is 670. The fourth-order valence-electron chi connectivity index (χ4n) is 3.86. The van der Waals surface area contributed by atoms with E-state index >= 15 is 0 Å². The van der Waals surface area contributed by atoms with Gasteiger partial charge in [0, 0.05) is 26.2 Å². The van der Waals surface area contributed by atoms with Crippen LogP contribution in [0, 0.1) is 0 Å². The molecule has 0 amide bonds. The zero-order valence-corrected chi connectivity index (χ0v) is 18.5. The van der Waals surface area contributed by atoms with Crippen LogP contribution in [0.1, 0.15) is 34.1 Å². The van der Waals surface area contributed by atoms with Crippen LogP contribution in [-0.2, 0) is 26.2 Å². The third-order valence-corrected chi connectivity index (χ3v) is 9.45. The summed E-state index contributed by atoms with van der Waals surface area (Å²) < 4.78 is 0.833. The zero-order chi connectivity index (χ0) is 14.2. The van der Waals surface area contributed by atoms with Gasteiger partial charge in [-0.3, -0.25) is 0 Å². The second-order valence-electron chi connectivity index (χ2n) is 5.94. The van der Waals surface area contributed by atoms with E-state index in [1.165, 1.54) is 11.1 Å². The Kier molecular flexibility index (Phi) is 5.25. The molecule has 107 valence electrons. The van der Waals surface area contributed by atoms with E-state index < -0.39 is 21.1 Å². The molecule has 0 N–H and O–H groups in total. The van der Waals surface area contributed by atoms with Gasteiger partial charge in [-0.15, -0.1) is 0 Å². The van der Waals surface area contributed by atoms with Gasteiger partial charge in [0.15, 0.2) is 0 Å². The molecule has 0 heterocycles. The first-order chi connectivity index (χ1) is 10.4. The fourth-order valence-corrected chi connectivity index (χ4v) is 8.15. The number of allylic oxidation sites excluding steroid dienone is 2. The molecule has 2 heteroatoms. The van der Waals surface area contributed by atoms with E-state index in [9.17, 15) is 0 Å². The van der Waals surface area contributed by atoms with Crippen molar-refractivity contribution < 1.29 is 26.2 Å². The standard InChI is InChI=1S/C19H15.CH3.Sn.Zr.H/c1-3-7-18-14(5-1)9-11-16(18)13-17-12-10-15-6-2-4-8-19(15)17;;;;/h1-13,16-17H;1H3;;;. The molecule has 2 atom stereocenters. The van der Waals surface area contributed by atoms with E-state index in [1.54, 1.807) is 11.1 Å². The molecule has 0 bridgehead atoms. The number of hydrogen-bond donors (Lipinski definition) is 0. The first kappa shape index (κ1) is 16.5. The molecule has 0 nitrogen and oxygen atoms in total. The summed E-state index contributed by atoms with van der Waals surface area (Å²) in [6, 6.07) is 17.9. The molecule has 4 rings (SSSR count). The van der Waals surface area contributed by atoms with Crippen LogP contribution >= 0.6 is 0 Å². The van der Waals surface area contributed by atoms with E-state index in [0.717, 1.165) is 3.93 Å².